The summed E-state index contributed by atoms with van der Waals surface area (Å²) in [7, 11) is 0. The van der Waals surface area contributed by atoms with Crippen LogP contribution in [0.25, 0.3) is 0 Å². The molecule has 0 amide bonds. The fourth-order valence-corrected chi connectivity index (χ4v) is 3.01. The maximum atomic E-state index is 10.2. The van der Waals surface area contributed by atoms with E-state index < -0.39 is 6.10 Å². The first kappa shape index (κ1) is 16.0. The number of nitrogens with zero attached hydrogens (tertiary/aromatic N) is 1. The molecule has 4 nitrogen and oxygen atoms in total. The van der Waals surface area contributed by atoms with Gasteiger partial charge in [-0.25, -0.2) is 0 Å². The van der Waals surface area contributed by atoms with Crippen molar-refractivity contribution in [3.63, 3.8) is 0 Å². The van der Waals surface area contributed by atoms with Crippen molar-refractivity contribution in [2.45, 2.75) is 70.7 Å². The molecule has 3 unspecified atom stereocenters. The largest absolute Gasteiger partial charge is 0.464 e. The van der Waals surface area contributed by atoms with Crippen LogP contribution in [0.4, 0.5) is 0 Å². The molecule has 1 aromatic heterocycles. The van der Waals surface area contributed by atoms with E-state index in [0.29, 0.717) is 25.1 Å². The van der Waals surface area contributed by atoms with E-state index in [2.05, 4.69) is 24.0 Å². The normalized spacial score (nSPS) is 25.9. The van der Waals surface area contributed by atoms with Gasteiger partial charge in [0.2, 0.25) is 0 Å². The molecule has 0 bridgehead atoms. The second kappa shape index (κ2) is 6.73. The molecule has 2 aliphatic carbocycles. The van der Waals surface area contributed by atoms with Crippen LogP contribution in [-0.2, 0) is 11.3 Å². The standard InChI is InChI=1S/C18H29NO3/c1-12(2)21-11-15(20)9-19(14-4-5-14)10-16-6-7-18(22-16)17-8-13(17)3/h6-7,12-15,17,20H,4-5,8-11H2,1-3H3. The summed E-state index contributed by atoms with van der Waals surface area (Å²) < 4.78 is 11.5. The highest BCUT2D eigenvalue weighted by Crippen LogP contribution is 2.47. The van der Waals surface area contributed by atoms with Gasteiger partial charge in [-0.3, -0.25) is 4.90 Å². The summed E-state index contributed by atoms with van der Waals surface area (Å²) in [5.74, 6) is 3.57. The molecular formula is C18H29NO3. The van der Waals surface area contributed by atoms with E-state index in [0.717, 1.165) is 24.0 Å². The van der Waals surface area contributed by atoms with Crippen molar-refractivity contribution >= 4 is 0 Å². The third-order valence-corrected chi connectivity index (χ3v) is 4.65. The lowest BCUT2D eigenvalue weighted by atomic mass is 10.2. The first-order valence-electron chi connectivity index (χ1n) is 8.65. The number of furan rings is 1. The van der Waals surface area contributed by atoms with Crippen LogP contribution in [0.5, 0.6) is 0 Å². The highest BCUT2D eigenvalue weighted by molar-refractivity contribution is 5.17. The third kappa shape index (κ3) is 4.34. The molecule has 0 aliphatic heterocycles. The van der Waals surface area contributed by atoms with Gasteiger partial charge in [-0.2, -0.15) is 0 Å². The first-order valence-corrected chi connectivity index (χ1v) is 8.65. The molecule has 0 saturated heterocycles. The Bertz CT molecular complexity index is 480. The van der Waals surface area contributed by atoms with Crippen LogP contribution in [0, 0.1) is 5.92 Å². The summed E-state index contributed by atoms with van der Waals surface area (Å²) in [6, 6.07) is 4.83. The Hall–Kier alpha value is -0.840. The lowest BCUT2D eigenvalue weighted by Gasteiger charge is -2.24. The van der Waals surface area contributed by atoms with Crippen LogP contribution >= 0.6 is 0 Å². The minimum atomic E-state index is -0.430. The summed E-state index contributed by atoms with van der Waals surface area (Å²) in [4.78, 5) is 2.34. The Kier molecular flexibility index (Phi) is 4.91. The van der Waals surface area contributed by atoms with E-state index in [1.54, 1.807) is 0 Å². The van der Waals surface area contributed by atoms with Gasteiger partial charge in [0.15, 0.2) is 0 Å². The topological polar surface area (TPSA) is 45.8 Å². The number of aliphatic hydroxyl groups is 1. The summed E-state index contributed by atoms with van der Waals surface area (Å²) in [6.07, 6.45) is 3.44. The monoisotopic (exact) mass is 307 g/mol. The Morgan fingerprint density at radius 1 is 1.36 bits per heavy atom. The quantitative estimate of drug-likeness (QED) is 0.761. The first-order chi connectivity index (χ1) is 10.5. The van der Waals surface area contributed by atoms with Crippen LogP contribution in [0.3, 0.4) is 0 Å². The Balaban J connectivity index is 1.52. The van der Waals surface area contributed by atoms with Crippen LogP contribution in [0.2, 0.25) is 0 Å². The fraction of sp³-hybridized carbons (Fsp3) is 0.778. The van der Waals surface area contributed by atoms with E-state index in [4.69, 9.17) is 9.15 Å². The van der Waals surface area contributed by atoms with Gasteiger partial charge in [-0.15, -0.1) is 0 Å². The van der Waals surface area contributed by atoms with E-state index in [1.807, 2.05) is 13.8 Å². The van der Waals surface area contributed by atoms with Crippen LogP contribution < -0.4 is 0 Å². The molecule has 0 radical (unpaired) electrons. The zero-order chi connectivity index (χ0) is 15.7. The van der Waals surface area contributed by atoms with Gasteiger partial charge >= 0.3 is 0 Å². The summed E-state index contributed by atoms with van der Waals surface area (Å²) in [6.45, 7) is 8.12. The Labute approximate surface area is 133 Å². The zero-order valence-corrected chi connectivity index (χ0v) is 14.0. The molecule has 4 heteroatoms. The SMILES string of the molecule is CC(C)OCC(O)CN(Cc1ccc(C2CC2C)o1)C1CC1. The van der Waals surface area contributed by atoms with Gasteiger partial charge in [0.1, 0.15) is 11.5 Å². The Morgan fingerprint density at radius 3 is 2.68 bits per heavy atom. The third-order valence-electron chi connectivity index (χ3n) is 4.65. The van der Waals surface area contributed by atoms with Gasteiger partial charge in [-0.05, 0) is 51.2 Å². The van der Waals surface area contributed by atoms with Crippen molar-refractivity contribution < 1.29 is 14.3 Å². The zero-order valence-electron chi connectivity index (χ0n) is 14.0. The maximum absolute atomic E-state index is 10.2. The lowest BCUT2D eigenvalue weighted by Crippen LogP contribution is -2.36. The molecule has 0 aromatic carbocycles. The van der Waals surface area contributed by atoms with Crippen molar-refractivity contribution in [1.29, 1.82) is 0 Å². The number of ether oxygens (including phenoxy) is 1. The lowest BCUT2D eigenvalue weighted by molar-refractivity contribution is -0.0114. The van der Waals surface area contributed by atoms with Crippen molar-refractivity contribution in [3.8, 4) is 0 Å². The number of hydrogen-bond donors (Lipinski definition) is 1. The average Bonchev–Trinajstić information content (AvgIpc) is 3.38. The van der Waals surface area contributed by atoms with Gasteiger partial charge in [0, 0.05) is 18.5 Å². The fourth-order valence-electron chi connectivity index (χ4n) is 3.01. The van der Waals surface area contributed by atoms with E-state index in [1.165, 1.54) is 19.3 Å². The van der Waals surface area contributed by atoms with Crippen LogP contribution in [0.1, 0.15) is 57.5 Å². The van der Waals surface area contributed by atoms with Gasteiger partial charge in [0.05, 0.1) is 25.4 Å². The molecule has 2 aliphatic rings. The predicted molar refractivity (Wildman–Crippen MR) is 85.8 cm³/mol. The maximum Gasteiger partial charge on any atom is 0.118 e. The van der Waals surface area contributed by atoms with Crippen molar-refractivity contribution in [1.82, 2.24) is 4.90 Å². The molecule has 1 aromatic rings. The summed E-state index contributed by atoms with van der Waals surface area (Å²) in [5, 5.41) is 10.2. The highest BCUT2D eigenvalue weighted by atomic mass is 16.5. The predicted octanol–water partition coefficient (Wildman–Crippen LogP) is 3.15. The minimum Gasteiger partial charge on any atom is -0.464 e. The molecule has 22 heavy (non-hydrogen) atoms. The second-order valence-corrected chi connectivity index (χ2v) is 7.32. The molecule has 2 fully saturated rings. The van der Waals surface area contributed by atoms with Gasteiger partial charge < -0.3 is 14.3 Å². The molecule has 3 atom stereocenters. The van der Waals surface area contributed by atoms with Crippen molar-refractivity contribution in [2.75, 3.05) is 13.2 Å². The van der Waals surface area contributed by atoms with E-state index in [-0.39, 0.29) is 6.10 Å². The van der Waals surface area contributed by atoms with Gasteiger partial charge in [0.25, 0.3) is 0 Å². The summed E-state index contributed by atoms with van der Waals surface area (Å²) >= 11 is 0. The molecular weight excluding hydrogens is 278 g/mol. The smallest absolute Gasteiger partial charge is 0.118 e. The highest BCUT2D eigenvalue weighted by Gasteiger charge is 2.37. The molecule has 0 spiro atoms. The van der Waals surface area contributed by atoms with Crippen LogP contribution in [0.15, 0.2) is 16.5 Å². The minimum absolute atomic E-state index is 0.164. The summed E-state index contributed by atoms with van der Waals surface area (Å²) in [5.41, 5.74) is 0. The van der Waals surface area contributed by atoms with E-state index in [9.17, 15) is 5.11 Å². The van der Waals surface area contributed by atoms with Gasteiger partial charge in [-0.1, -0.05) is 6.92 Å². The second-order valence-electron chi connectivity index (χ2n) is 7.32. The van der Waals surface area contributed by atoms with Crippen molar-refractivity contribution in [2.24, 2.45) is 5.92 Å². The molecule has 1 N–H and O–H groups in total. The van der Waals surface area contributed by atoms with Crippen LogP contribution in [-0.4, -0.2) is 41.4 Å². The molecule has 124 valence electrons. The number of aliphatic hydroxyl groups excluding tert-OH is 1. The molecule has 3 rings (SSSR count). The average molecular weight is 307 g/mol. The van der Waals surface area contributed by atoms with Crippen molar-refractivity contribution in [3.05, 3.63) is 23.7 Å². The molecule has 1 heterocycles. The Morgan fingerprint density at radius 2 is 2.09 bits per heavy atom. The van der Waals surface area contributed by atoms with E-state index >= 15 is 0 Å². The molecule has 2 saturated carbocycles. The number of rotatable bonds is 9. The number of hydrogen-bond acceptors (Lipinski definition) is 4.